The fourth-order valence-corrected chi connectivity index (χ4v) is 3.71. The van der Waals surface area contributed by atoms with Gasteiger partial charge in [0, 0.05) is 55.1 Å². The van der Waals surface area contributed by atoms with Gasteiger partial charge in [0.1, 0.15) is 17.7 Å². The number of rotatable bonds is 3. The smallest absolute Gasteiger partial charge is 0.256 e. The van der Waals surface area contributed by atoms with Crippen molar-refractivity contribution in [1.29, 1.82) is 0 Å². The third kappa shape index (κ3) is 3.65. The Kier molecular flexibility index (Phi) is 4.79. The summed E-state index contributed by atoms with van der Waals surface area (Å²) in [6.07, 6.45) is 3.36. The predicted molar refractivity (Wildman–Crippen MR) is 104 cm³/mol. The number of hydrogen-bond acceptors (Lipinski definition) is 2. The lowest BCUT2D eigenvalue weighted by Crippen LogP contribution is -2.41. The number of halogens is 2. The van der Waals surface area contributed by atoms with Crippen molar-refractivity contribution in [3.63, 3.8) is 0 Å². The summed E-state index contributed by atoms with van der Waals surface area (Å²) in [6, 6.07) is 11.8. The number of aromatic nitrogens is 1. The lowest BCUT2D eigenvalue weighted by atomic mass is 10.1. The van der Waals surface area contributed by atoms with Crippen LogP contribution in [0.25, 0.3) is 10.9 Å². The van der Waals surface area contributed by atoms with Crippen molar-refractivity contribution in [1.82, 2.24) is 9.47 Å². The van der Waals surface area contributed by atoms with E-state index < -0.39 is 0 Å². The second-order valence-electron chi connectivity index (χ2n) is 6.88. The molecule has 0 bridgehead atoms. The molecule has 1 aliphatic rings. The van der Waals surface area contributed by atoms with E-state index in [0.717, 1.165) is 24.1 Å². The molecule has 0 atom stereocenters. The third-order valence-electron chi connectivity index (χ3n) is 5.03. The van der Waals surface area contributed by atoms with E-state index in [1.165, 1.54) is 12.1 Å². The van der Waals surface area contributed by atoms with Crippen molar-refractivity contribution >= 4 is 28.4 Å². The van der Waals surface area contributed by atoms with Crippen LogP contribution in [0.15, 0.2) is 48.7 Å². The van der Waals surface area contributed by atoms with Crippen LogP contribution < -0.4 is 4.74 Å². The molecule has 1 aromatic heterocycles. The number of hydrogen-bond donors (Lipinski definition) is 0. The fourth-order valence-electron chi connectivity index (χ4n) is 3.59. The largest absolute Gasteiger partial charge is 0.490 e. The molecule has 0 N–H and O–H groups in total. The van der Waals surface area contributed by atoms with E-state index in [1.807, 2.05) is 28.6 Å². The van der Waals surface area contributed by atoms with Crippen LogP contribution in [0, 0.1) is 5.82 Å². The standard InChI is InChI=1S/C21H20ClFN2O2/c1-24-13-19(18-12-15(23)4-7-20(18)24)21(26)25-10-8-17(9-11-25)27-16-5-2-14(22)3-6-16/h2-7,12-13,17H,8-11H2,1H3. The van der Waals surface area contributed by atoms with Gasteiger partial charge in [0.15, 0.2) is 0 Å². The van der Waals surface area contributed by atoms with Gasteiger partial charge in [0.2, 0.25) is 0 Å². The summed E-state index contributed by atoms with van der Waals surface area (Å²) >= 11 is 5.89. The van der Waals surface area contributed by atoms with Crippen molar-refractivity contribution in [3.05, 3.63) is 65.1 Å². The Morgan fingerprint density at radius 2 is 1.85 bits per heavy atom. The maximum absolute atomic E-state index is 13.7. The molecule has 1 amide bonds. The third-order valence-corrected chi connectivity index (χ3v) is 5.28. The van der Waals surface area contributed by atoms with E-state index in [-0.39, 0.29) is 17.8 Å². The monoisotopic (exact) mass is 386 g/mol. The molecule has 6 heteroatoms. The molecule has 1 aliphatic heterocycles. The Morgan fingerprint density at radius 1 is 1.15 bits per heavy atom. The highest BCUT2D eigenvalue weighted by Gasteiger charge is 2.26. The minimum absolute atomic E-state index is 0.0591. The summed E-state index contributed by atoms with van der Waals surface area (Å²) in [5, 5.41) is 1.33. The summed E-state index contributed by atoms with van der Waals surface area (Å²) in [4.78, 5) is 14.8. The van der Waals surface area contributed by atoms with Gasteiger partial charge < -0.3 is 14.2 Å². The Balaban J connectivity index is 1.44. The lowest BCUT2D eigenvalue weighted by Gasteiger charge is -2.32. The molecule has 1 fully saturated rings. The van der Waals surface area contributed by atoms with Crippen LogP contribution in [0.5, 0.6) is 5.75 Å². The van der Waals surface area contributed by atoms with E-state index in [4.69, 9.17) is 16.3 Å². The molecular weight excluding hydrogens is 367 g/mol. The second-order valence-corrected chi connectivity index (χ2v) is 7.31. The molecule has 0 unspecified atom stereocenters. The zero-order valence-electron chi connectivity index (χ0n) is 15.0. The van der Waals surface area contributed by atoms with Gasteiger partial charge in [-0.1, -0.05) is 11.6 Å². The van der Waals surface area contributed by atoms with Gasteiger partial charge in [0.25, 0.3) is 5.91 Å². The molecular formula is C21H20ClFN2O2. The quantitative estimate of drug-likeness (QED) is 0.656. The molecule has 3 aromatic rings. The van der Waals surface area contributed by atoms with Crippen molar-refractivity contribution in [2.75, 3.05) is 13.1 Å². The summed E-state index contributed by atoms with van der Waals surface area (Å²) in [6.45, 7) is 1.23. The van der Waals surface area contributed by atoms with Crippen LogP contribution in [0.2, 0.25) is 5.02 Å². The van der Waals surface area contributed by atoms with Crippen molar-refractivity contribution < 1.29 is 13.9 Å². The number of piperidine rings is 1. The normalized spacial score (nSPS) is 15.3. The molecule has 140 valence electrons. The molecule has 2 heterocycles. The van der Waals surface area contributed by atoms with Crippen molar-refractivity contribution in [3.8, 4) is 5.75 Å². The number of likely N-dealkylation sites (tertiary alicyclic amines) is 1. The average Bonchev–Trinajstić information content (AvgIpc) is 2.99. The summed E-state index contributed by atoms with van der Waals surface area (Å²) in [5.41, 5.74) is 1.39. The highest BCUT2D eigenvalue weighted by atomic mass is 35.5. The van der Waals surface area contributed by atoms with Crippen LogP contribution in [0.3, 0.4) is 0 Å². The highest BCUT2D eigenvalue weighted by molar-refractivity contribution is 6.30. The second kappa shape index (κ2) is 7.24. The van der Waals surface area contributed by atoms with Gasteiger partial charge in [-0.15, -0.1) is 0 Å². The zero-order valence-corrected chi connectivity index (χ0v) is 15.7. The number of benzene rings is 2. The van der Waals surface area contributed by atoms with Crippen molar-refractivity contribution in [2.24, 2.45) is 7.05 Å². The van der Waals surface area contributed by atoms with Crippen LogP contribution in [-0.2, 0) is 7.05 Å². The number of fused-ring (bicyclic) bond motifs is 1. The molecule has 0 saturated carbocycles. The number of amides is 1. The predicted octanol–water partition coefficient (Wildman–Crippen LogP) is 4.65. The first-order valence-corrected chi connectivity index (χ1v) is 9.35. The first-order chi connectivity index (χ1) is 13.0. The van der Waals surface area contributed by atoms with Gasteiger partial charge in [-0.05, 0) is 42.5 Å². The molecule has 1 saturated heterocycles. The fraction of sp³-hybridized carbons (Fsp3) is 0.286. The topological polar surface area (TPSA) is 34.5 Å². The van der Waals surface area contributed by atoms with Gasteiger partial charge in [-0.25, -0.2) is 4.39 Å². The number of carbonyl (C=O) groups excluding carboxylic acids is 1. The van der Waals surface area contributed by atoms with E-state index >= 15 is 0 Å². The van der Waals surface area contributed by atoms with E-state index in [1.54, 1.807) is 24.4 Å². The lowest BCUT2D eigenvalue weighted by molar-refractivity contribution is 0.0597. The Labute approximate surface area is 162 Å². The molecule has 0 spiro atoms. The number of aryl methyl sites for hydroxylation is 1. The molecule has 2 aromatic carbocycles. The summed E-state index contributed by atoms with van der Waals surface area (Å²) < 4.78 is 21.5. The van der Waals surface area contributed by atoms with Gasteiger partial charge in [-0.2, -0.15) is 0 Å². The molecule has 27 heavy (non-hydrogen) atoms. The minimum Gasteiger partial charge on any atom is -0.490 e. The van der Waals surface area contributed by atoms with Crippen LogP contribution >= 0.6 is 11.6 Å². The molecule has 0 aliphatic carbocycles. The molecule has 4 nitrogen and oxygen atoms in total. The zero-order chi connectivity index (χ0) is 19.0. The maximum Gasteiger partial charge on any atom is 0.256 e. The number of ether oxygens (including phenoxy) is 1. The Hall–Kier alpha value is -2.53. The Morgan fingerprint density at radius 3 is 2.56 bits per heavy atom. The van der Waals surface area contributed by atoms with Crippen molar-refractivity contribution in [2.45, 2.75) is 18.9 Å². The van der Waals surface area contributed by atoms with Crippen LogP contribution in [0.4, 0.5) is 4.39 Å². The molecule has 4 rings (SSSR count). The van der Waals surface area contributed by atoms with Crippen LogP contribution in [-0.4, -0.2) is 34.6 Å². The van der Waals surface area contributed by atoms with Gasteiger partial charge >= 0.3 is 0 Å². The first-order valence-electron chi connectivity index (χ1n) is 8.97. The first kappa shape index (κ1) is 17.9. The SMILES string of the molecule is Cn1cc(C(=O)N2CCC(Oc3ccc(Cl)cc3)CC2)c2cc(F)ccc21. The van der Waals surface area contributed by atoms with Gasteiger partial charge in [0.05, 0.1) is 5.56 Å². The Bertz CT molecular complexity index is 976. The van der Waals surface area contributed by atoms with E-state index in [0.29, 0.717) is 29.1 Å². The maximum atomic E-state index is 13.7. The van der Waals surface area contributed by atoms with E-state index in [2.05, 4.69) is 0 Å². The summed E-state index contributed by atoms with van der Waals surface area (Å²) in [7, 11) is 1.86. The van der Waals surface area contributed by atoms with Gasteiger partial charge in [-0.3, -0.25) is 4.79 Å². The highest BCUT2D eigenvalue weighted by Crippen LogP contribution is 2.26. The molecule has 0 radical (unpaired) electrons. The van der Waals surface area contributed by atoms with E-state index in [9.17, 15) is 9.18 Å². The number of nitrogens with zero attached hydrogens (tertiary/aromatic N) is 2. The number of carbonyl (C=O) groups is 1. The minimum atomic E-state index is -0.335. The van der Waals surface area contributed by atoms with Crippen LogP contribution in [0.1, 0.15) is 23.2 Å². The summed E-state index contributed by atoms with van der Waals surface area (Å²) in [5.74, 6) is 0.391. The average molecular weight is 387 g/mol.